The zero-order valence-electron chi connectivity index (χ0n) is 11.2. The Labute approximate surface area is 115 Å². The Hall–Kier alpha value is -2.31. The Bertz CT molecular complexity index is 537. The van der Waals surface area contributed by atoms with Gasteiger partial charge in [0.1, 0.15) is 6.54 Å². The standard InChI is InChI=1S/C13H16N2O5/c1-2-4-14-7-11(17)15(8-10(14)16)6-9-3-5-20-12(9)13(18)19/h3,5H,2,4,6-8H2,1H3,(H,18,19). The summed E-state index contributed by atoms with van der Waals surface area (Å²) in [5.74, 6) is -1.68. The third-order valence-electron chi connectivity index (χ3n) is 3.15. The summed E-state index contributed by atoms with van der Waals surface area (Å²) in [4.78, 5) is 37.7. The predicted octanol–water partition coefficient (Wildman–Crippen LogP) is 0.559. The van der Waals surface area contributed by atoms with Gasteiger partial charge in [0.15, 0.2) is 0 Å². The maximum atomic E-state index is 12.0. The number of piperazine rings is 1. The number of hydrogen-bond acceptors (Lipinski definition) is 4. The molecule has 1 aromatic rings. The van der Waals surface area contributed by atoms with Gasteiger partial charge in [0.25, 0.3) is 0 Å². The Kier molecular flexibility index (Phi) is 4.07. The van der Waals surface area contributed by atoms with Crippen LogP contribution in [0, 0.1) is 0 Å². The van der Waals surface area contributed by atoms with Gasteiger partial charge in [-0.1, -0.05) is 6.92 Å². The molecule has 1 aromatic heterocycles. The molecule has 2 amide bonds. The van der Waals surface area contributed by atoms with Crippen molar-refractivity contribution in [1.82, 2.24) is 9.80 Å². The van der Waals surface area contributed by atoms with Gasteiger partial charge in [0, 0.05) is 12.1 Å². The quantitative estimate of drug-likeness (QED) is 0.851. The number of carbonyl (C=O) groups is 3. The van der Waals surface area contributed by atoms with Gasteiger partial charge < -0.3 is 19.3 Å². The highest BCUT2D eigenvalue weighted by Gasteiger charge is 2.30. The van der Waals surface area contributed by atoms with E-state index in [9.17, 15) is 14.4 Å². The van der Waals surface area contributed by atoms with Gasteiger partial charge in [-0.15, -0.1) is 0 Å². The molecule has 0 bridgehead atoms. The lowest BCUT2D eigenvalue weighted by molar-refractivity contribution is -0.150. The summed E-state index contributed by atoms with van der Waals surface area (Å²) in [5.41, 5.74) is 0.391. The third-order valence-corrected chi connectivity index (χ3v) is 3.15. The first-order valence-electron chi connectivity index (χ1n) is 6.38. The second-order valence-corrected chi connectivity index (χ2v) is 4.65. The first-order valence-corrected chi connectivity index (χ1v) is 6.38. The van der Waals surface area contributed by atoms with Crippen molar-refractivity contribution in [3.8, 4) is 0 Å². The van der Waals surface area contributed by atoms with Crippen molar-refractivity contribution in [3.05, 3.63) is 23.7 Å². The van der Waals surface area contributed by atoms with Crippen molar-refractivity contribution in [2.45, 2.75) is 19.9 Å². The molecule has 0 radical (unpaired) electrons. The average Bonchev–Trinajstić information content (AvgIpc) is 2.84. The summed E-state index contributed by atoms with van der Waals surface area (Å²) in [5, 5.41) is 8.94. The molecule has 0 unspecified atom stereocenters. The van der Waals surface area contributed by atoms with E-state index in [0.29, 0.717) is 12.1 Å². The van der Waals surface area contributed by atoms with E-state index < -0.39 is 5.97 Å². The average molecular weight is 280 g/mol. The topological polar surface area (TPSA) is 91.1 Å². The molecule has 7 nitrogen and oxygen atoms in total. The molecule has 1 saturated heterocycles. The van der Waals surface area contributed by atoms with Gasteiger partial charge >= 0.3 is 5.97 Å². The molecule has 1 aliphatic heterocycles. The Morgan fingerprint density at radius 2 is 1.95 bits per heavy atom. The summed E-state index contributed by atoms with van der Waals surface area (Å²) in [6.07, 6.45) is 2.06. The maximum Gasteiger partial charge on any atom is 0.372 e. The minimum atomic E-state index is -1.19. The number of nitrogens with zero attached hydrogens (tertiary/aromatic N) is 2. The molecule has 1 aliphatic rings. The summed E-state index contributed by atoms with van der Waals surface area (Å²) >= 11 is 0. The highest BCUT2D eigenvalue weighted by molar-refractivity contribution is 5.92. The zero-order chi connectivity index (χ0) is 14.7. The number of aromatic carboxylic acids is 1. The predicted molar refractivity (Wildman–Crippen MR) is 68.0 cm³/mol. The van der Waals surface area contributed by atoms with Crippen molar-refractivity contribution in [3.63, 3.8) is 0 Å². The minimum absolute atomic E-state index is 0.0247. The van der Waals surface area contributed by atoms with E-state index >= 15 is 0 Å². The van der Waals surface area contributed by atoms with Crippen molar-refractivity contribution < 1.29 is 23.9 Å². The Morgan fingerprint density at radius 3 is 2.60 bits per heavy atom. The van der Waals surface area contributed by atoms with E-state index in [-0.39, 0.29) is 37.2 Å². The van der Waals surface area contributed by atoms with Gasteiger partial charge in [-0.05, 0) is 12.5 Å². The molecule has 0 saturated carbocycles. The fraction of sp³-hybridized carbons (Fsp3) is 0.462. The van der Waals surface area contributed by atoms with Gasteiger partial charge in [0.2, 0.25) is 17.6 Å². The van der Waals surface area contributed by atoms with Crippen LogP contribution in [0.3, 0.4) is 0 Å². The molecule has 0 atom stereocenters. The highest BCUT2D eigenvalue weighted by Crippen LogP contribution is 2.16. The molecule has 0 aliphatic carbocycles. The smallest absolute Gasteiger partial charge is 0.372 e. The molecule has 2 rings (SSSR count). The molecule has 1 fully saturated rings. The van der Waals surface area contributed by atoms with Crippen LogP contribution in [-0.4, -0.2) is 52.3 Å². The molecule has 2 heterocycles. The van der Waals surface area contributed by atoms with E-state index in [4.69, 9.17) is 9.52 Å². The van der Waals surface area contributed by atoms with Crippen LogP contribution >= 0.6 is 0 Å². The molecule has 1 N–H and O–H groups in total. The Balaban J connectivity index is 2.07. The van der Waals surface area contributed by atoms with Gasteiger partial charge in [-0.2, -0.15) is 0 Å². The lowest BCUT2D eigenvalue weighted by Gasteiger charge is -2.33. The van der Waals surface area contributed by atoms with Crippen LogP contribution in [0.1, 0.15) is 29.5 Å². The second-order valence-electron chi connectivity index (χ2n) is 4.65. The zero-order valence-corrected chi connectivity index (χ0v) is 11.2. The van der Waals surface area contributed by atoms with Crippen LogP contribution in [0.2, 0.25) is 0 Å². The van der Waals surface area contributed by atoms with Gasteiger partial charge in [0.05, 0.1) is 19.4 Å². The summed E-state index contributed by atoms with van der Waals surface area (Å²) < 4.78 is 4.86. The fourth-order valence-corrected chi connectivity index (χ4v) is 2.17. The van der Waals surface area contributed by atoms with E-state index in [0.717, 1.165) is 6.42 Å². The minimum Gasteiger partial charge on any atom is -0.475 e. The first kappa shape index (κ1) is 14.1. The van der Waals surface area contributed by atoms with Crippen LogP contribution in [0.5, 0.6) is 0 Å². The van der Waals surface area contributed by atoms with Gasteiger partial charge in [-0.3, -0.25) is 9.59 Å². The maximum absolute atomic E-state index is 12.0. The van der Waals surface area contributed by atoms with Crippen molar-refractivity contribution in [2.75, 3.05) is 19.6 Å². The number of furan rings is 1. The highest BCUT2D eigenvalue weighted by atomic mass is 16.4. The molecule has 108 valence electrons. The number of carboxylic acid groups (broad SMARTS) is 1. The normalized spacial score (nSPS) is 15.8. The van der Waals surface area contributed by atoms with E-state index in [1.165, 1.54) is 22.1 Å². The Morgan fingerprint density at radius 1 is 1.30 bits per heavy atom. The van der Waals surface area contributed by atoms with Gasteiger partial charge in [-0.25, -0.2) is 4.79 Å². The molecular weight excluding hydrogens is 264 g/mol. The molecule has 20 heavy (non-hydrogen) atoms. The first-order chi connectivity index (χ1) is 9.52. The number of carboxylic acids is 1. The summed E-state index contributed by atoms with van der Waals surface area (Å²) in [6.45, 7) is 2.60. The van der Waals surface area contributed by atoms with Crippen LogP contribution < -0.4 is 0 Å². The molecule has 7 heteroatoms. The largest absolute Gasteiger partial charge is 0.475 e. The van der Waals surface area contributed by atoms with Crippen molar-refractivity contribution in [1.29, 1.82) is 0 Å². The third kappa shape index (κ3) is 2.81. The number of rotatable bonds is 5. The second kappa shape index (κ2) is 5.77. The van der Waals surface area contributed by atoms with Crippen LogP contribution in [0.25, 0.3) is 0 Å². The number of carbonyl (C=O) groups excluding carboxylic acids is 2. The van der Waals surface area contributed by atoms with Crippen molar-refractivity contribution in [2.24, 2.45) is 0 Å². The number of amides is 2. The molecule has 0 spiro atoms. The summed E-state index contributed by atoms with van der Waals surface area (Å²) in [7, 11) is 0. The van der Waals surface area contributed by atoms with Crippen molar-refractivity contribution >= 4 is 17.8 Å². The molecular formula is C13H16N2O5. The fourth-order valence-electron chi connectivity index (χ4n) is 2.17. The molecule has 0 aromatic carbocycles. The number of hydrogen-bond donors (Lipinski definition) is 1. The lowest BCUT2D eigenvalue weighted by Crippen LogP contribution is -2.53. The van der Waals surface area contributed by atoms with E-state index in [1.54, 1.807) is 0 Å². The monoisotopic (exact) mass is 280 g/mol. The van der Waals surface area contributed by atoms with Crippen LogP contribution in [-0.2, 0) is 16.1 Å². The van der Waals surface area contributed by atoms with Crippen LogP contribution in [0.15, 0.2) is 16.7 Å². The lowest BCUT2D eigenvalue weighted by atomic mass is 10.2. The SMILES string of the molecule is CCCN1CC(=O)N(Cc2ccoc2C(=O)O)CC1=O. The van der Waals surface area contributed by atoms with E-state index in [1.807, 2.05) is 6.92 Å². The van der Waals surface area contributed by atoms with Crippen LogP contribution in [0.4, 0.5) is 0 Å². The van der Waals surface area contributed by atoms with E-state index in [2.05, 4.69) is 0 Å². The summed E-state index contributed by atoms with van der Waals surface area (Å²) in [6, 6.07) is 1.50.